The molecule has 146 valence electrons. The van der Waals surface area contributed by atoms with E-state index in [1.165, 1.54) is 30.1 Å². The van der Waals surface area contributed by atoms with Crippen molar-refractivity contribution >= 4 is 13.2 Å². The van der Waals surface area contributed by atoms with Crippen molar-refractivity contribution in [3.63, 3.8) is 0 Å². The van der Waals surface area contributed by atoms with Gasteiger partial charge in [0.2, 0.25) is 5.79 Å². The zero-order valence-corrected chi connectivity index (χ0v) is 18.9. The molecule has 1 fully saturated rings. The Morgan fingerprint density at radius 2 is 1.73 bits per heavy atom. The average molecular weight is 377 g/mol. The van der Waals surface area contributed by atoms with Crippen LogP contribution in [-0.2, 0) is 11.2 Å². The molecule has 0 bridgehead atoms. The zero-order valence-electron chi connectivity index (χ0n) is 18.0. The first-order chi connectivity index (χ1) is 12.0. The molecule has 3 heteroatoms. The molecule has 1 aromatic rings. The molecule has 0 aromatic heterocycles. The van der Waals surface area contributed by atoms with Crippen molar-refractivity contribution in [2.24, 2.45) is 11.8 Å². The predicted octanol–water partition coefficient (Wildman–Crippen LogP) is 6.10. The van der Waals surface area contributed by atoms with Crippen molar-refractivity contribution in [1.82, 2.24) is 0 Å². The molecule has 1 aliphatic carbocycles. The third kappa shape index (κ3) is 3.33. The SMILES string of the molecule is COC12Oc3c(cccc3P(C(C)(C)C)C(C)(C)C)CC1CCCC2C. The van der Waals surface area contributed by atoms with Gasteiger partial charge in [0.1, 0.15) is 5.75 Å². The maximum atomic E-state index is 6.88. The Balaban J connectivity index is 2.14. The first-order valence-electron chi connectivity index (χ1n) is 10.2. The molecule has 0 saturated heterocycles. The van der Waals surface area contributed by atoms with Crippen LogP contribution in [0.2, 0.25) is 0 Å². The highest BCUT2D eigenvalue weighted by molar-refractivity contribution is 7.68. The number of hydrogen-bond donors (Lipinski definition) is 0. The topological polar surface area (TPSA) is 18.5 Å². The summed E-state index contributed by atoms with van der Waals surface area (Å²) in [5, 5.41) is 1.87. The van der Waals surface area contributed by atoms with E-state index >= 15 is 0 Å². The summed E-state index contributed by atoms with van der Waals surface area (Å²) >= 11 is 0. The molecule has 1 aliphatic heterocycles. The van der Waals surface area contributed by atoms with Crippen LogP contribution in [0.15, 0.2) is 18.2 Å². The summed E-state index contributed by atoms with van der Waals surface area (Å²) in [6.45, 7) is 16.6. The number of methoxy groups -OCH3 is 1. The Morgan fingerprint density at radius 3 is 2.31 bits per heavy atom. The van der Waals surface area contributed by atoms with Crippen molar-refractivity contribution in [1.29, 1.82) is 0 Å². The number of ether oxygens (including phenoxy) is 2. The molecule has 1 aromatic carbocycles. The van der Waals surface area contributed by atoms with E-state index in [9.17, 15) is 0 Å². The van der Waals surface area contributed by atoms with Gasteiger partial charge in [0, 0.05) is 24.3 Å². The highest BCUT2D eigenvalue weighted by Crippen LogP contribution is 2.61. The average Bonchev–Trinajstić information content (AvgIpc) is 2.51. The molecule has 0 N–H and O–H groups in total. The van der Waals surface area contributed by atoms with E-state index in [1.807, 2.05) is 7.11 Å². The lowest BCUT2D eigenvalue weighted by atomic mass is 9.72. The Morgan fingerprint density at radius 1 is 1.08 bits per heavy atom. The van der Waals surface area contributed by atoms with Crippen LogP contribution in [0, 0.1) is 11.8 Å². The maximum absolute atomic E-state index is 6.88. The van der Waals surface area contributed by atoms with E-state index in [4.69, 9.17) is 9.47 Å². The molecule has 1 saturated carbocycles. The largest absolute Gasteiger partial charge is 0.461 e. The molecule has 3 atom stereocenters. The van der Waals surface area contributed by atoms with Gasteiger partial charge in [0.25, 0.3) is 0 Å². The number of hydrogen-bond acceptors (Lipinski definition) is 2. The zero-order chi connectivity index (χ0) is 19.3. The number of benzene rings is 1. The van der Waals surface area contributed by atoms with Crippen LogP contribution in [0.3, 0.4) is 0 Å². The van der Waals surface area contributed by atoms with Gasteiger partial charge < -0.3 is 9.47 Å². The van der Waals surface area contributed by atoms with E-state index < -0.39 is 13.7 Å². The first kappa shape index (κ1) is 20.2. The van der Waals surface area contributed by atoms with Gasteiger partial charge in [-0.3, -0.25) is 0 Å². The fourth-order valence-electron chi connectivity index (χ4n) is 5.49. The fraction of sp³-hybridized carbons (Fsp3) is 0.739. The Hall–Kier alpha value is -0.590. The molecule has 2 aliphatic rings. The van der Waals surface area contributed by atoms with E-state index in [2.05, 4.69) is 66.7 Å². The molecule has 2 nitrogen and oxygen atoms in total. The van der Waals surface area contributed by atoms with Gasteiger partial charge in [-0.1, -0.05) is 81.0 Å². The van der Waals surface area contributed by atoms with Gasteiger partial charge in [-0.2, -0.15) is 0 Å². The van der Waals surface area contributed by atoms with Crippen molar-refractivity contribution < 1.29 is 9.47 Å². The molecule has 0 radical (unpaired) electrons. The van der Waals surface area contributed by atoms with Crippen LogP contribution >= 0.6 is 7.92 Å². The van der Waals surface area contributed by atoms with Crippen LogP contribution in [-0.4, -0.2) is 23.2 Å². The monoisotopic (exact) mass is 376 g/mol. The van der Waals surface area contributed by atoms with Gasteiger partial charge in [0.05, 0.1) is 0 Å². The van der Waals surface area contributed by atoms with Gasteiger partial charge >= 0.3 is 0 Å². The molecular weight excluding hydrogens is 339 g/mol. The second kappa shape index (κ2) is 6.78. The number of para-hydroxylation sites is 1. The fourth-order valence-corrected chi connectivity index (χ4v) is 9.58. The first-order valence-corrected chi connectivity index (χ1v) is 11.5. The highest BCUT2D eigenvalue weighted by atomic mass is 31.1. The van der Waals surface area contributed by atoms with Crippen LogP contribution in [0.5, 0.6) is 5.75 Å². The summed E-state index contributed by atoms with van der Waals surface area (Å²) in [6, 6.07) is 6.84. The van der Waals surface area contributed by atoms with Gasteiger partial charge in [-0.15, -0.1) is 0 Å². The second-order valence-electron chi connectivity index (χ2n) is 10.2. The number of fused-ring (bicyclic) bond motifs is 2. The lowest BCUT2D eigenvalue weighted by Gasteiger charge is -2.51. The summed E-state index contributed by atoms with van der Waals surface area (Å²) in [7, 11) is 1.45. The lowest BCUT2D eigenvalue weighted by molar-refractivity contribution is -0.251. The molecule has 3 rings (SSSR count). The minimum Gasteiger partial charge on any atom is -0.461 e. The van der Waals surface area contributed by atoms with Crippen LogP contribution in [0.25, 0.3) is 0 Å². The molecule has 0 spiro atoms. The van der Waals surface area contributed by atoms with Crippen LogP contribution < -0.4 is 10.0 Å². The maximum Gasteiger partial charge on any atom is 0.216 e. The smallest absolute Gasteiger partial charge is 0.216 e. The second-order valence-corrected chi connectivity index (χ2v) is 14.0. The van der Waals surface area contributed by atoms with Gasteiger partial charge in [0.15, 0.2) is 0 Å². The van der Waals surface area contributed by atoms with E-state index in [-0.39, 0.29) is 10.3 Å². The quantitative estimate of drug-likeness (QED) is 0.580. The normalized spacial score (nSPS) is 29.1. The molecule has 3 unspecified atom stereocenters. The minimum atomic E-state index is -0.446. The molecular formula is C23H37O2P. The third-order valence-electron chi connectivity index (χ3n) is 6.15. The highest BCUT2D eigenvalue weighted by Gasteiger charge is 2.52. The Kier molecular flexibility index (Phi) is 5.26. The van der Waals surface area contributed by atoms with Gasteiger partial charge in [-0.05, 0) is 35.1 Å². The summed E-state index contributed by atoms with van der Waals surface area (Å²) in [6.07, 6.45) is 4.76. The molecule has 1 heterocycles. The lowest BCUT2D eigenvalue weighted by Crippen LogP contribution is -2.56. The summed E-state index contributed by atoms with van der Waals surface area (Å²) in [5.41, 5.74) is 1.38. The number of rotatable bonds is 2. The molecule has 0 amide bonds. The third-order valence-corrected chi connectivity index (χ3v) is 9.67. The van der Waals surface area contributed by atoms with E-state index in [0.29, 0.717) is 11.8 Å². The van der Waals surface area contributed by atoms with Crippen molar-refractivity contribution in [3.8, 4) is 5.75 Å². The van der Waals surface area contributed by atoms with E-state index in [0.717, 1.165) is 12.2 Å². The van der Waals surface area contributed by atoms with Crippen LogP contribution in [0.1, 0.15) is 73.3 Å². The standard InChI is InChI=1S/C23H37O2P/c1-16-11-9-13-18-15-17-12-10-14-19(20(17)25-23(16,18)24-8)26(21(2,3)4)22(5,6)7/h10,12,14,16,18H,9,11,13,15H2,1-8H3. The van der Waals surface area contributed by atoms with Crippen molar-refractivity contribution in [2.75, 3.05) is 7.11 Å². The van der Waals surface area contributed by atoms with Gasteiger partial charge in [-0.25, -0.2) is 0 Å². The Labute approximate surface area is 161 Å². The summed E-state index contributed by atoms with van der Waals surface area (Å²) in [4.78, 5) is 0. The summed E-state index contributed by atoms with van der Waals surface area (Å²) in [5.74, 6) is 1.59. The summed E-state index contributed by atoms with van der Waals surface area (Å²) < 4.78 is 13.0. The predicted molar refractivity (Wildman–Crippen MR) is 113 cm³/mol. The van der Waals surface area contributed by atoms with E-state index in [1.54, 1.807) is 0 Å². The van der Waals surface area contributed by atoms with Crippen molar-refractivity contribution in [3.05, 3.63) is 23.8 Å². The molecule has 26 heavy (non-hydrogen) atoms. The minimum absolute atomic E-state index is 0.224. The van der Waals surface area contributed by atoms with Crippen LogP contribution in [0.4, 0.5) is 0 Å². The Bertz CT molecular complexity index is 641. The van der Waals surface area contributed by atoms with Crippen molar-refractivity contribution in [2.45, 2.75) is 90.2 Å².